The summed E-state index contributed by atoms with van der Waals surface area (Å²) in [5.41, 5.74) is 0.522. The number of hydrogen-bond donors (Lipinski definition) is 1. The van der Waals surface area contributed by atoms with Crippen LogP contribution >= 0.6 is 35.0 Å². The minimum atomic E-state index is -0.363. The van der Waals surface area contributed by atoms with Crippen molar-refractivity contribution in [1.29, 1.82) is 0 Å². The maximum Gasteiger partial charge on any atom is 0.244 e. The minimum Gasteiger partial charge on any atom is -0.335 e. The number of halogens is 2. The predicted octanol–water partition coefficient (Wildman–Crippen LogP) is 4.57. The summed E-state index contributed by atoms with van der Waals surface area (Å²) in [6.07, 6.45) is 0. The van der Waals surface area contributed by atoms with E-state index < -0.39 is 0 Å². The number of nitrogens with zero attached hydrogens (tertiary/aromatic N) is 1. The van der Waals surface area contributed by atoms with Crippen molar-refractivity contribution in [3.05, 3.63) is 58.6 Å². The highest BCUT2D eigenvalue weighted by molar-refractivity contribution is 8.00. The molecule has 2 rings (SSSR count). The first-order chi connectivity index (χ1) is 11.9. The summed E-state index contributed by atoms with van der Waals surface area (Å²) in [5.74, 6) is -0.460. The smallest absolute Gasteiger partial charge is 0.244 e. The number of rotatable bonds is 6. The van der Waals surface area contributed by atoms with Crippen LogP contribution in [0.2, 0.25) is 10.0 Å². The molecule has 1 unspecified atom stereocenters. The Morgan fingerprint density at radius 2 is 1.68 bits per heavy atom. The van der Waals surface area contributed by atoms with Crippen LogP contribution in [0.25, 0.3) is 0 Å². The van der Waals surface area contributed by atoms with Crippen molar-refractivity contribution in [2.24, 2.45) is 0 Å². The van der Waals surface area contributed by atoms with E-state index in [1.54, 1.807) is 44.3 Å². The summed E-state index contributed by atoms with van der Waals surface area (Å²) in [6, 6.07) is 14.3. The van der Waals surface area contributed by atoms with Crippen LogP contribution in [0.4, 0.5) is 5.69 Å². The SMILES string of the molecule is CC(Sc1ccccc1Cl)C(=O)N(C)CC(=O)Nc1ccccc1Cl. The van der Waals surface area contributed by atoms with Gasteiger partial charge in [0.15, 0.2) is 0 Å². The first-order valence-corrected chi connectivity index (χ1v) is 9.22. The molecule has 2 aromatic rings. The van der Waals surface area contributed by atoms with Crippen molar-refractivity contribution in [2.75, 3.05) is 18.9 Å². The van der Waals surface area contributed by atoms with Gasteiger partial charge < -0.3 is 10.2 Å². The lowest BCUT2D eigenvalue weighted by molar-refractivity contribution is -0.132. The van der Waals surface area contributed by atoms with Crippen LogP contribution in [0.3, 0.4) is 0 Å². The van der Waals surface area contributed by atoms with Gasteiger partial charge in [0.25, 0.3) is 0 Å². The minimum absolute atomic E-state index is 0.0581. The monoisotopic (exact) mass is 396 g/mol. The second-order valence-electron chi connectivity index (χ2n) is 5.41. The maximum atomic E-state index is 12.5. The number of nitrogens with one attached hydrogen (secondary N) is 1. The van der Waals surface area contributed by atoms with E-state index in [-0.39, 0.29) is 23.6 Å². The van der Waals surface area contributed by atoms with Crippen molar-refractivity contribution in [1.82, 2.24) is 4.90 Å². The second kappa shape index (κ2) is 9.13. The van der Waals surface area contributed by atoms with Gasteiger partial charge in [-0.2, -0.15) is 0 Å². The zero-order valence-corrected chi connectivity index (χ0v) is 16.2. The van der Waals surface area contributed by atoms with Gasteiger partial charge in [-0.05, 0) is 31.2 Å². The normalized spacial score (nSPS) is 11.7. The van der Waals surface area contributed by atoms with E-state index >= 15 is 0 Å². The van der Waals surface area contributed by atoms with Gasteiger partial charge in [-0.1, -0.05) is 47.5 Å². The molecule has 25 heavy (non-hydrogen) atoms. The van der Waals surface area contributed by atoms with Gasteiger partial charge >= 0.3 is 0 Å². The molecule has 1 N–H and O–H groups in total. The van der Waals surface area contributed by atoms with E-state index in [2.05, 4.69) is 5.32 Å². The topological polar surface area (TPSA) is 49.4 Å². The van der Waals surface area contributed by atoms with E-state index in [4.69, 9.17) is 23.2 Å². The van der Waals surface area contributed by atoms with Crippen LogP contribution in [-0.2, 0) is 9.59 Å². The fourth-order valence-electron chi connectivity index (χ4n) is 2.14. The molecular formula is C18H18Cl2N2O2S. The van der Waals surface area contributed by atoms with Crippen molar-refractivity contribution < 1.29 is 9.59 Å². The molecule has 2 aromatic carbocycles. The highest BCUT2D eigenvalue weighted by Crippen LogP contribution is 2.30. The van der Waals surface area contributed by atoms with Gasteiger partial charge in [-0.3, -0.25) is 9.59 Å². The maximum absolute atomic E-state index is 12.5. The fraction of sp³-hybridized carbons (Fsp3) is 0.222. The van der Waals surface area contributed by atoms with Crippen LogP contribution in [0, 0.1) is 0 Å². The number of hydrogen-bond acceptors (Lipinski definition) is 3. The third-order valence-corrected chi connectivity index (χ3v) is 5.33. The molecule has 1 atom stereocenters. The highest BCUT2D eigenvalue weighted by Gasteiger charge is 2.21. The summed E-state index contributed by atoms with van der Waals surface area (Å²) >= 11 is 13.5. The molecule has 0 saturated heterocycles. The number of carbonyl (C=O) groups is 2. The molecule has 4 nitrogen and oxygen atoms in total. The first kappa shape index (κ1) is 19.6. The third-order valence-electron chi connectivity index (χ3n) is 3.39. The van der Waals surface area contributed by atoms with Crippen molar-refractivity contribution >= 4 is 52.5 Å². The molecule has 2 amide bonds. The van der Waals surface area contributed by atoms with Crippen molar-refractivity contribution in [2.45, 2.75) is 17.1 Å². The van der Waals surface area contributed by atoms with Crippen molar-refractivity contribution in [3.63, 3.8) is 0 Å². The Labute approximate surface area is 161 Å². The average Bonchev–Trinajstić information content (AvgIpc) is 2.58. The Morgan fingerprint density at radius 3 is 2.32 bits per heavy atom. The number of para-hydroxylation sites is 1. The molecule has 0 spiro atoms. The van der Waals surface area contributed by atoms with Gasteiger partial charge in [0, 0.05) is 11.9 Å². The molecule has 0 aliphatic carbocycles. The Hall–Kier alpha value is -1.69. The van der Waals surface area contributed by atoms with Gasteiger partial charge in [-0.25, -0.2) is 0 Å². The molecule has 0 saturated carbocycles. The van der Waals surface area contributed by atoms with Crippen LogP contribution in [0.5, 0.6) is 0 Å². The van der Waals surface area contributed by atoms with E-state index in [9.17, 15) is 9.59 Å². The van der Waals surface area contributed by atoms with E-state index in [1.807, 2.05) is 18.2 Å². The molecule has 0 heterocycles. The summed E-state index contributed by atoms with van der Waals surface area (Å²) in [6.45, 7) is 1.73. The Bertz CT molecular complexity index is 770. The standard InChI is InChI=1S/C18H18Cl2N2O2S/c1-12(25-16-10-6-4-8-14(16)20)18(24)22(2)11-17(23)21-15-9-5-3-7-13(15)19/h3-10,12H,11H2,1-2H3,(H,21,23). The van der Waals surface area contributed by atoms with E-state index in [1.165, 1.54) is 16.7 Å². The quantitative estimate of drug-likeness (QED) is 0.727. The molecule has 0 radical (unpaired) electrons. The highest BCUT2D eigenvalue weighted by atomic mass is 35.5. The molecule has 0 aromatic heterocycles. The van der Waals surface area contributed by atoms with Crippen LogP contribution in [0.15, 0.2) is 53.4 Å². The predicted molar refractivity (Wildman–Crippen MR) is 104 cm³/mol. The fourth-order valence-corrected chi connectivity index (χ4v) is 3.59. The molecule has 0 aliphatic heterocycles. The number of amides is 2. The number of carbonyl (C=O) groups excluding carboxylic acids is 2. The van der Waals surface area contributed by atoms with Gasteiger partial charge in [0.2, 0.25) is 11.8 Å². The molecule has 132 valence electrons. The second-order valence-corrected chi connectivity index (χ2v) is 7.61. The lowest BCUT2D eigenvalue weighted by Crippen LogP contribution is -2.38. The molecule has 0 aliphatic rings. The zero-order chi connectivity index (χ0) is 18.4. The Morgan fingerprint density at radius 1 is 1.08 bits per heavy atom. The summed E-state index contributed by atoms with van der Waals surface area (Å²) in [4.78, 5) is 26.8. The Kier molecular flexibility index (Phi) is 7.17. The molecule has 0 fully saturated rings. The largest absolute Gasteiger partial charge is 0.335 e. The molecular weight excluding hydrogens is 379 g/mol. The summed E-state index contributed by atoms with van der Waals surface area (Å²) in [7, 11) is 1.60. The van der Waals surface area contributed by atoms with Gasteiger partial charge in [-0.15, -0.1) is 11.8 Å². The van der Waals surface area contributed by atoms with E-state index in [0.717, 1.165) is 4.90 Å². The number of benzene rings is 2. The Balaban J connectivity index is 1.92. The summed E-state index contributed by atoms with van der Waals surface area (Å²) in [5, 5.41) is 3.39. The zero-order valence-electron chi connectivity index (χ0n) is 13.8. The number of likely N-dealkylation sites (N-methyl/N-ethyl adjacent to an activating group) is 1. The van der Waals surface area contributed by atoms with Gasteiger partial charge in [0.05, 0.1) is 27.5 Å². The molecule has 7 heteroatoms. The number of anilines is 1. The molecule has 0 bridgehead atoms. The third kappa shape index (κ3) is 5.66. The van der Waals surface area contributed by atoms with Crippen LogP contribution < -0.4 is 5.32 Å². The van der Waals surface area contributed by atoms with Crippen LogP contribution in [-0.4, -0.2) is 35.6 Å². The lowest BCUT2D eigenvalue weighted by Gasteiger charge is -2.21. The van der Waals surface area contributed by atoms with Crippen LogP contribution in [0.1, 0.15) is 6.92 Å². The summed E-state index contributed by atoms with van der Waals surface area (Å²) < 4.78 is 0. The van der Waals surface area contributed by atoms with Crippen molar-refractivity contribution in [3.8, 4) is 0 Å². The lowest BCUT2D eigenvalue weighted by atomic mass is 10.3. The number of thioether (sulfide) groups is 1. The van der Waals surface area contributed by atoms with E-state index in [0.29, 0.717) is 15.7 Å². The van der Waals surface area contributed by atoms with Gasteiger partial charge in [0.1, 0.15) is 0 Å². The first-order valence-electron chi connectivity index (χ1n) is 7.59. The average molecular weight is 397 g/mol.